The van der Waals surface area contributed by atoms with Gasteiger partial charge in [-0.1, -0.05) is 67.6 Å². The topological polar surface area (TPSA) is 30.9 Å². The van der Waals surface area contributed by atoms with Crippen molar-refractivity contribution in [3.63, 3.8) is 0 Å². The first-order valence-corrected chi connectivity index (χ1v) is 12.2. The lowest BCUT2D eigenvalue weighted by Crippen LogP contribution is -2.68. The summed E-state index contributed by atoms with van der Waals surface area (Å²) >= 11 is 5.87. The van der Waals surface area contributed by atoms with Crippen LogP contribution in [0.15, 0.2) is 71.8 Å². The minimum atomic E-state index is -0.634. The largest absolute Gasteiger partial charge is 0.483 e. The average molecular weight is 462 g/mol. The second-order valence-corrected chi connectivity index (χ2v) is 9.32. The summed E-state index contributed by atoms with van der Waals surface area (Å²) < 4.78 is 18.6. The second-order valence-electron chi connectivity index (χ2n) is 8.94. The first-order chi connectivity index (χ1) is 16.1. The third-order valence-corrected chi connectivity index (χ3v) is 7.46. The SMILES string of the molecule is CCOCC1=C(c2ccccc2)N2CCOC23C(C(=S)OCC)=C(c2ccccc2)C3(C)C1. The summed E-state index contributed by atoms with van der Waals surface area (Å²) in [5.41, 5.74) is 6.22. The highest BCUT2D eigenvalue weighted by molar-refractivity contribution is 7.80. The van der Waals surface area contributed by atoms with Crippen LogP contribution in [0.25, 0.3) is 11.3 Å². The van der Waals surface area contributed by atoms with Gasteiger partial charge in [0.15, 0.2) is 10.8 Å². The average Bonchev–Trinajstić information content (AvgIpc) is 3.29. The highest BCUT2D eigenvalue weighted by atomic mass is 32.1. The molecule has 2 heterocycles. The molecule has 0 radical (unpaired) electrons. The molecule has 172 valence electrons. The Balaban J connectivity index is 1.73. The fraction of sp³-hybridized carbons (Fsp3) is 0.393. The van der Waals surface area contributed by atoms with E-state index in [-0.39, 0.29) is 5.41 Å². The molecule has 0 N–H and O–H groups in total. The van der Waals surface area contributed by atoms with E-state index >= 15 is 0 Å². The Hall–Kier alpha value is -2.47. The molecule has 1 spiro atoms. The molecule has 5 rings (SSSR count). The maximum Gasteiger partial charge on any atom is 0.192 e. The van der Waals surface area contributed by atoms with E-state index in [1.807, 2.05) is 13.8 Å². The van der Waals surface area contributed by atoms with Gasteiger partial charge in [-0.3, -0.25) is 0 Å². The lowest BCUT2D eigenvalue weighted by molar-refractivity contribution is -0.119. The molecule has 0 amide bonds. The Bertz CT molecular complexity index is 1110. The van der Waals surface area contributed by atoms with Crippen molar-refractivity contribution < 1.29 is 14.2 Å². The molecule has 2 aliphatic heterocycles. The van der Waals surface area contributed by atoms with Gasteiger partial charge in [0.05, 0.1) is 30.8 Å². The van der Waals surface area contributed by atoms with E-state index in [1.165, 1.54) is 28.0 Å². The number of hydrogen-bond acceptors (Lipinski definition) is 5. The van der Waals surface area contributed by atoms with Crippen molar-refractivity contribution in [2.24, 2.45) is 5.41 Å². The van der Waals surface area contributed by atoms with Gasteiger partial charge in [0.2, 0.25) is 0 Å². The number of thiocarbonyl (C=S) groups is 1. The molecule has 0 saturated carbocycles. The molecule has 3 aliphatic rings. The van der Waals surface area contributed by atoms with Crippen LogP contribution >= 0.6 is 12.2 Å². The molecule has 2 unspecified atom stereocenters. The van der Waals surface area contributed by atoms with E-state index in [4.69, 9.17) is 26.4 Å². The molecule has 1 aliphatic carbocycles. The lowest BCUT2D eigenvalue weighted by atomic mass is 9.51. The van der Waals surface area contributed by atoms with Crippen molar-refractivity contribution in [1.82, 2.24) is 4.90 Å². The fourth-order valence-electron chi connectivity index (χ4n) is 6.00. The standard InChI is InChI=1S/C28H31NO3S/c1-4-30-19-22-18-27(3)23(20-12-8-6-9-13-20)24(26(33)31-5-2)28(27)29(16-17-32-28)25(22)21-14-10-7-11-15-21/h6-15H,4-5,16-19H2,1-3H3. The van der Waals surface area contributed by atoms with E-state index < -0.39 is 5.72 Å². The summed E-state index contributed by atoms with van der Waals surface area (Å²) in [4.78, 5) is 2.44. The molecule has 1 saturated heterocycles. The maximum absolute atomic E-state index is 6.71. The first-order valence-electron chi connectivity index (χ1n) is 11.8. The molecule has 0 bridgehead atoms. The van der Waals surface area contributed by atoms with E-state index in [2.05, 4.69) is 72.5 Å². The number of rotatable bonds is 7. The predicted octanol–water partition coefficient (Wildman–Crippen LogP) is 5.70. The summed E-state index contributed by atoms with van der Waals surface area (Å²) in [6, 6.07) is 21.1. The van der Waals surface area contributed by atoms with Gasteiger partial charge in [0.1, 0.15) is 0 Å². The van der Waals surface area contributed by atoms with Crippen LogP contribution in [-0.2, 0) is 14.2 Å². The fourth-order valence-corrected chi connectivity index (χ4v) is 6.36. The monoisotopic (exact) mass is 461 g/mol. The third-order valence-electron chi connectivity index (χ3n) is 7.14. The molecule has 1 fully saturated rings. The zero-order chi connectivity index (χ0) is 23.1. The zero-order valence-electron chi connectivity index (χ0n) is 19.6. The summed E-state index contributed by atoms with van der Waals surface area (Å²) in [5.74, 6) is 0. The highest BCUT2D eigenvalue weighted by Crippen LogP contribution is 2.69. The lowest BCUT2D eigenvalue weighted by Gasteiger charge is -2.64. The van der Waals surface area contributed by atoms with Gasteiger partial charge < -0.3 is 19.1 Å². The van der Waals surface area contributed by atoms with Gasteiger partial charge in [0.25, 0.3) is 0 Å². The van der Waals surface area contributed by atoms with E-state index in [0.717, 1.165) is 18.5 Å². The van der Waals surface area contributed by atoms with Gasteiger partial charge >= 0.3 is 0 Å². The summed E-state index contributed by atoms with van der Waals surface area (Å²) in [6.45, 7) is 9.63. The van der Waals surface area contributed by atoms with Gasteiger partial charge in [-0.05, 0) is 54.8 Å². The van der Waals surface area contributed by atoms with Crippen LogP contribution < -0.4 is 0 Å². The Morgan fingerprint density at radius 2 is 1.67 bits per heavy atom. The van der Waals surface area contributed by atoms with E-state index in [1.54, 1.807) is 0 Å². The van der Waals surface area contributed by atoms with Crippen molar-refractivity contribution in [3.05, 3.63) is 82.9 Å². The Labute approximate surface area is 201 Å². The van der Waals surface area contributed by atoms with Gasteiger partial charge in [0, 0.05) is 18.8 Å². The number of benzene rings is 2. The molecule has 2 aromatic rings. The molecule has 2 aromatic carbocycles. The van der Waals surface area contributed by atoms with E-state index in [0.29, 0.717) is 31.5 Å². The van der Waals surface area contributed by atoms with Crippen molar-refractivity contribution in [2.45, 2.75) is 32.9 Å². The van der Waals surface area contributed by atoms with Gasteiger partial charge in [-0.15, -0.1) is 0 Å². The number of ether oxygens (including phenoxy) is 3. The van der Waals surface area contributed by atoms with Crippen LogP contribution in [0.3, 0.4) is 0 Å². The minimum absolute atomic E-state index is 0.272. The predicted molar refractivity (Wildman–Crippen MR) is 136 cm³/mol. The molecule has 33 heavy (non-hydrogen) atoms. The van der Waals surface area contributed by atoms with Gasteiger partial charge in [-0.25, -0.2) is 0 Å². The van der Waals surface area contributed by atoms with Crippen LogP contribution in [0.5, 0.6) is 0 Å². The van der Waals surface area contributed by atoms with Crippen LogP contribution in [-0.4, -0.2) is 48.6 Å². The highest BCUT2D eigenvalue weighted by Gasteiger charge is 2.72. The molecule has 2 atom stereocenters. The summed E-state index contributed by atoms with van der Waals surface area (Å²) in [5, 5.41) is 0.543. The van der Waals surface area contributed by atoms with E-state index in [9.17, 15) is 0 Å². The quantitative estimate of drug-likeness (QED) is 0.494. The van der Waals surface area contributed by atoms with Crippen LogP contribution in [0, 0.1) is 5.41 Å². The summed E-state index contributed by atoms with van der Waals surface area (Å²) in [7, 11) is 0. The number of nitrogens with zero attached hydrogens (tertiary/aromatic N) is 1. The minimum Gasteiger partial charge on any atom is -0.483 e. The molecular formula is C28H31NO3S. The number of hydrogen-bond donors (Lipinski definition) is 0. The third kappa shape index (κ3) is 3.21. The Kier molecular flexibility index (Phi) is 5.89. The Morgan fingerprint density at radius 3 is 2.30 bits per heavy atom. The van der Waals surface area contributed by atoms with Crippen LogP contribution in [0.4, 0.5) is 0 Å². The molecular weight excluding hydrogens is 430 g/mol. The van der Waals surface area contributed by atoms with Crippen molar-refractivity contribution in [3.8, 4) is 0 Å². The smallest absolute Gasteiger partial charge is 0.192 e. The van der Waals surface area contributed by atoms with Crippen molar-refractivity contribution >= 4 is 28.5 Å². The zero-order valence-corrected chi connectivity index (χ0v) is 20.4. The first kappa shape index (κ1) is 22.3. The van der Waals surface area contributed by atoms with Crippen LogP contribution in [0.2, 0.25) is 0 Å². The second kappa shape index (κ2) is 8.71. The molecule has 5 heteroatoms. The maximum atomic E-state index is 6.71. The van der Waals surface area contributed by atoms with Crippen LogP contribution in [0.1, 0.15) is 38.3 Å². The summed E-state index contributed by atoms with van der Waals surface area (Å²) in [6.07, 6.45) is 0.843. The Morgan fingerprint density at radius 1 is 1.00 bits per heavy atom. The van der Waals surface area contributed by atoms with Crippen molar-refractivity contribution in [1.29, 1.82) is 0 Å². The normalized spacial score (nSPS) is 26.1. The molecule has 0 aromatic heterocycles. The van der Waals surface area contributed by atoms with Crippen molar-refractivity contribution in [2.75, 3.05) is 33.0 Å². The molecule has 4 nitrogen and oxygen atoms in total. The van der Waals surface area contributed by atoms with Gasteiger partial charge in [-0.2, -0.15) is 0 Å².